The molecule has 2 unspecified atom stereocenters. The summed E-state index contributed by atoms with van der Waals surface area (Å²) in [6, 6.07) is -0.630. The Hall–Kier alpha value is -1.92. The molecule has 6 heteroatoms. The van der Waals surface area contributed by atoms with E-state index in [-0.39, 0.29) is 18.5 Å². The number of amides is 1. The first-order valence-corrected chi connectivity index (χ1v) is 36.8. The maximum absolute atomic E-state index is 12.5. The minimum absolute atomic E-state index is 0.00794. The third kappa shape index (κ3) is 67.1. The van der Waals surface area contributed by atoms with Crippen LogP contribution < -0.4 is 5.32 Å². The predicted octanol–water partition coefficient (Wildman–Crippen LogP) is 23.9. The third-order valence-electron chi connectivity index (χ3n) is 17.1. The average Bonchev–Trinajstić information content (AvgIpc) is 3.47. The molecule has 0 saturated heterocycles. The normalized spacial score (nSPS) is 12.7. The number of nitrogens with one attached hydrogen (secondary N) is 1. The van der Waals surface area contributed by atoms with Crippen LogP contribution in [0.1, 0.15) is 406 Å². The zero-order valence-corrected chi connectivity index (χ0v) is 54.8. The van der Waals surface area contributed by atoms with Crippen molar-refractivity contribution in [2.45, 2.75) is 418 Å². The fourth-order valence-electron chi connectivity index (χ4n) is 11.5. The molecule has 3 N–H and O–H groups in total. The van der Waals surface area contributed by atoms with E-state index < -0.39 is 12.1 Å². The lowest BCUT2D eigenvalue weighted by Crippen LogP contribution is -2.45. The van der Waals surface area contributed by atoms with Crippen molar-refractivity contribution in [3.05, 3.63) is 36.5 Å². The molecule has 0 spiro atoms. The number of aliphatic hydroxyl groups excluding tert-OH is 2. The first-order chi connectivity index (χ1) is 40.0. The summed E-state index contributed by atoms with van der Waals surface area (Å²) in [6.45, 7) is 4.94. The highest BCUT2D eigenvalue weighted by Crippen LogP contribution is 2.19. The molecule has 0 aliphatic rings. The zero-order chi connectivity index (χ0) is 58.5. The lowest BCUT2D eigenvalue weighted by molar-refractivity contribution is -0.143. The predicted molar refractivity (Wildman–Crippen MR) is 356 cm³/mol. The molecule has 478 valence electrons. The Balaban J connectivity index is 3.41. The number of aliphatic hydroxyl groups is 2. The lowest BCUT2D eigenvalue weighted by Gasteiger charge is -2.20. The van der Waals surface area contributed by atoms with Crippen LogP contribution in [0.2, 0.25) is 0 Å². The van der Waals surface area contributed by atoms with Crippen LogP contribution in [-0.4, -0.2) is 47.4 Å². The molecule has 0 saturated carbocycles. The molecule has 0 bridgehead atoms. The molecule has 0 radical (unpaired) electrons. The maximum Gasteiger partial charge on any atom is 0.305 e. The molecule has 81 heavy (non-hydrogen) atoms. The van der Waals surface area contributed by atoms with Crippen molar-refractivity contribution in [2.75, 3.05) is 13.2 Å². The van der Waals surface area contributed by atoms with Gasteiger partial charge in [0.2, 0.25) is 5.91 Å². The number of ether oxygens (including phenoxy) is 1. The lowest BCUT2D eigenvalue weighted by atomic mass is 10.0. The molecular weight excluding hydrogens is 995 g/mol. The number of hydrogen-bond donors (Lipinski definition) is 3. The summed E-state index contributed by atoms with van der Waals surface area (Å²) >= 11 is 0. The summed E-state index contributed by atoms with van der Waals surface area (Å²) in [5, 5.41) is 23.3. The fourth-order valence-corrected chi connectivity index (χ4v) is 11.5. The van der Waals surface area contributed by atoms with E-state index in [1.54, 1.807) is 6.08 Å². The Morgan fingerprint density at radius 3 is 0.877 bits per heavy atom. The Morgan fingerprint density at radius 2 is 0.580 bits per heavy atom. The van der Waals surface area contributed by atoms with Gasteiger partial charge in [0.15, 0.2) is 0 Å². The zero-order valence-electron chi connectivity index (χ0n) is 54.8. The highest BCUT2D eigenvalue weighted by Gasteiger charge is 2.18. The van der Waals surface area contributed by atoms with Crippen LogP contribution >= 0.6 is 0 Å². The van der Waals surface area contributed by atoms with E-state index in [2.05, 4.69) is 43.5 Å². The number of allylic oxidation sites excluding steroid dienone is 5. The van der Waals surface area contributed by atoms with E-state index in [1.165, 1.54) is 334 Å². The minimum atomic E-state index is -0.846. The molecule has 0 fully saturated rings. The van der Waals surface area contributed by atoms with Crippen molar-refractivity contribution in [3.63, 3.8) is 0 Å². The standard InChI is InChI=1S/C75H143NO5/c1-3-5-7-9-11-13-15-17-19-21-22-30-33-36-39-43-47-51-55-59-63-67-73(78)72(71-77)76-74(79)68-64-60-56-52-48-44-40-37-34-31-28-26-24-23-25-27-29-32-35-38-42-46-50-54-58-62-66-70-81-75(80)69-65-61-57-53-49-45-41-20-18-16-14-12-10-8-6-4-2/h20,23-24,41,63,67,72-73,77-78H,3-19,21-22,25-40,42-62,64-66,68-71H2,1-2H3,(H,76,79)/b24-23-,41-20-,67-63+. The summed E-state index contributed by atoms with van der Waals surface area (Å²) in [7, 11) is 0. The average molecular weight is 1140 g/mol. The number of hydrogen-bond acceptors (Lipinski definition) is 5. The van der Waals surface area contributed by atoms with E-state index >= 15 is 0 Å². The van der Waals surface area contributed by atoms with Gasteiger partial charge in [0.25, 0.3) is 0 Å². The van der Waals surface area contributed by atoms with Crippen LogP contribution in [0.25, 0.3) is 0 Å². The van der Waals surface area contributed by atoms with Gasteiger partial charge in [-0.2, -0.15) is 0 Å². The minimum Gasteiger partial charge on any atom is -0.466 e. The summed E-state index contributed by atoms with van der Waals surface area (Å²) in [5.41, 5.74) is 0. The van der Waals surface area contributed by atoms with Crippen LogP contribution in [0.15, 0.2) is 36.5 Å². The molecule has 1 amide bonds. The molecule has 0 aromatic carbocycles. The van der Waals surface area contributed by atoms with Gasteiger partial charge in [0, 0.05) is 12.8 Å². The van der Waals surface area contributed by atoms with Crippen molar-refractivity contribution in [1.82, 2.24) is 5.32 Å². The number of esters is 1. The third-order valence-corrected chi connectivity index (χ3v) is 17.1. The summed E-state index contributed by atoms with van der Waals surface area (Å²) < 4.78 is 5.50. The molecule has 2 atom stereocenters. The van der Waals surface area contributed by atoms with Crippen molar-refractivity contribution in [3.8, 4) is 0 Å². The van der Waals surface area contributed by atoms with Gasteiger partial charge in [0.05, 0.1) is 25.4 Å². The van der Waals surface area contributed by atoms with Crippen LogP contribution in [0, 0.1) is 0 Å². The van der Waals surface area contributed by atoms with Gasteiger partial charge in [-0.15, -0.1) is 0 Å². The van der Waals surface area contributed by atoms with Crippen LogP contribution in [0.5, 0.6) is 0 Å². The smallest absolute Gasteiger partial charge is 0.305 e. The Morgan fingerprint density at radius 1 is 0.333 bits per heavy atom. The van der Waals surface area contributed by atoms with Gasteiger partial charge in [-0.3, -0.25) is 9.59 Å². The van der Waals surface area contributed by atoms with Gasteiger partial charge < -0.3 is 20.3 Å². The van der Waals surface area contributed by atoms with Gasteiger partial charge in [0.1, 0.15) is 0 Å². The summed E-state index contributed by atoms with van der Waals surface area (Å²) in [5.74, 6) is -0.0571. The first kappa shape index (κ1) is 79.1. The van der Waals surface area contributed by atoms with Crippen molar-refractivity contribution < 1.29 is 24.5 Å². The quantitative estimate of drug-likeness (QED) is 0.0320. The number of carbonyl (C=O) groups excluding carboxylic acids is 2. The summed E-state index contributed by atoms with van der Waals surface area (Å²) in [6.07, 6.45) is 90.9. The Labute approximate surface area is 506 Å². The molecule has 0 heterocycles. The van der Waals surface area contributed by atoms with Crippen LogP contribution in [0.4, 0.5) is 0 Å². The summed E-state index contributed by atoms with van der Waals surface area (Å²) in [4.78, 5) is 24.6. The Kier molecular flexibility index (Phi) is 68.9. The Bertz CT molecular complexity index is 1310. The number of unbranched alkanes of at least 4 members (excludes halogenated alkanes) is 54. The largest absolute Gasteiger partial charge is 0.466 e. The first-order valence-electron chi connectivity index (χ1n) is 36.8. The number of carbonyl (C=O) groups is 2. The molecule has 0 aliphatic carbocycles. The van der Waals surface area contributed by atoms with E-state index in [4.69, 9.17) is 4.74 Å². The highest BCUT2D eigenvalue weighted by atomic mass is 16.5. The molecule has 6 nitrogen and oxygen atoms in total. The van der Waals surface area contributed by atoms with Gasteiger partial charge in [-0.05, 0) is 83.5 Å². The SMILES string of the molecule is CCCCCCCCC/C=C\CCCCCCCC(=O)OCCCCCCCCCCCCCC/C=C\CCCCCCCCCCCCCC(=O)NC(CO)C(O)/C=C/CCCCCCCCCCCCCCCCCCCCC. The van der Waals surface area contributed by atoms with Gasteiger partial charge in [-0.1, -0.05) is 346 Å². The molecular formula is C75H143NO5. The fraction of sp³-hybridized carbons (Fsp3) is 0.893. The maximum atomic E-state index is 12.5. The second-order valence-electron chi connectivity index (χ2n) is 25.3. The van der Waals surface area contributed by atoms with E-state index in [0.29, 0.717) is 19.4 Å². The van der Waals surface area contributed by atoms with Crippen molar-refractivity contribution in [2.24, 2.45) is 0 Å². The topological polar surface area (TPSA) is 95.9 Å². The number of rotatable bonds is 69. The van der Waals surface area contributed by atoms with Crippen LogP contribution in [-0.2, 0) is 14.3 Å². The molecule has 0 aromatic heterocycles. The molecule has 0 aromatic rings. The van der Waals surface area contributed by atoms with Gasteiger partial charge in [-0.25, -0.2) is 0 Å². The molecule has 0 rings (SSSR count). The van der Waals surface area contributed by atoms with E-state index in [1.807, 2.05) is 6.08 Å². The second kappa shape index (κ2) is 70.6. The van der Waals surface area contributed by atoms with Crippen LogP contribution in [0.3, 0.4) is 0 Å². The van der Waals surface area contributed by atoms with Gasteiger partial charge >= 0.3 is 5.97 Å². The second-order valence-corrected chi connectivity index (χ2v) is 25.3. The monoisotopic (exact) mass is 1140 g/mol. The highest BCUT2D eigenvalue weighted by molar-refractivity contribution is 5.76. The van der Waals surface area contributed by atoms with E-state index in [0.717, 1.165) is 44.9 Å². The molecule has 0 aliphatic heterocycles. The van der Waals surface area contributed by atoms with E-state index in [9.17, 15) is 19.8 Å². The van der Waals surface area contributed by atoms with Crippen molar-refractivity contribution >= 4 is 11.9 Å². The van der Waals surface area contributed by atoms with Crippen molar-refractivity contribution in [1.29, 1.82) is 0 Å².